The summed E-state index contributed by atoms with van der Waals surface area (Å²) in [5, 5.41) is 3.20. The molecule has 2 rings (SSSR count). The minimum Gasteiger partial charge on any atom is -0.463 e. The molecule has 1 aromatic rings. The molecule has 0 aliphatic carbocycles. The molecule has 0 amide bonds. The topological polar surface area (TPSA) is 44.8 Å². The van der Waals surface area contributed by atoms with Gasteiger partial charge in [-0.1, -0.05) is 0 Å². The number of hydrogen-bond donors (Lipinski definition) is 1. The Kier molecular flexibility index (Phi) is 5.83. The molecule has 0 atom stereocenters. The Morgan fingerprint density at radius 2 is 1.86 bits per heavy atom. The minimum atomic E-state index is -0.318. The summed E-state index contributed by atoms with van der Waals surface area (Å²) in [6, 6.07) is 8.31. The first-order valence-corrected chi connectivity index (χ1v) is 7.74. The number of carbonyl (C=O) groups excluding carboxylic acids is 1. The second-order valence-corrected chi connectivity index (χ2v) is 5.54. The molecule has 1 aliphatic rings. The summed E-state index contributed by atoms with van der Waals surface area (Å²) in [5.74, 6) is -0.318. The summed E-state index contributed by atoms with van der Waals surface area (Å²) >= 11 is 0. The number of ether oxygens (including phenoxy) is 1. The molecule has 0 radical (unpaired) electrons. The van der Waals surface area contributed by atoms with Gasteiger partial charge in [0.15, 0.2) is 0 Å². The molecule has 1 aliphatic heterocycles. The molecule has 1 N–H and O–H groups in total. The number of nitrogens with one attached hydrogen (secondary N) is 1. The maximum Gasteiger partial charge on any atom is 0.332 e. The van der Waals surface area contributed by atoms with E-state index in [2.05, 4.69) is 34.3 Å². The van der Waals surface area contributed by atoms with Crippen molar-refractivity contribution in [2.45, 2.75) is 13.8 Å². The van der Waals surface area contributed by atoms with Crippen molar-refractivity contribution in [1.29, 1.82) is 0 Å². The molecule has 1 saturated heterocycles. The van der Waals surface area contributed by atoms with E-state index in [1.165, 1.54) is 11.8 Å². The van der Waals surface area contributed by atoms with Crippen molar-refractivity contribution in [2.75, 3.05) is 50.1 Å². The number of carbonyl (C=O) groups is 1. The standard InChI is InChI=1S/C17H25N3O2/c1-4-22-17(21)13-14(2)18-15-5-7-16(8-6-15)20-11-9-19(3)10-12-20/h5-8,13,18H,4,9-12H2,1-3H3/b14-13-. The minimum absolute atomic E-state index is 0.318. The van der Waals surface area contributed by atoms with Gasteiger partial charge in [-0.05, 0) is 45.2 Å². The molecule has 0 spiro atoms. The average Bonchev–Trinajstić information content (AvgIpc) is 2.49. The summed E-state index contributed by atoms with van der Waals surface area (Å²) in [6.45, 7) is 8.36. The Bertz CT molecular complexity index is 517. The summed E-state index contributed by atoms with van der Waals surface area (Å²) in [6.07, 6.45) is 1.47. The van der Waals surface area contributed by atoms with Crippen molar-refractivity contribution >= 4 is 17.3 Å². The van der Waals surface area contributed by atoms with Gasteiger partial charge in [-0.2, -0.15) is 0 Å². The lowest BCUT2D eigenvalue weighted by atomic mass is 10.2. The molecule has 5 heteroatoms. The van der Waals surface area contributed by atoms with E-state index in [0.717, 1.165) is 37.6 Å². The maximum absolute atomic E-state index is 11.4. The largest absolute Gasteiger partial charge is 0.463 e. The molecule has 0 bridgehead atoms. The van der Waals surface area contributed by atoms with Crippen LogP contribution in [0.3, 0.4) is 0 Å². The molecule has 120 valence electrons. The van der Waals surface area contributed by atoms with Gasteiger partial charge in [-0.15, -0.1) is 0 Å². The Hall–Kier alpha value is -2.01. The molecule has 22 heavy (non-hydrogen) atoms. The van der Waals surface area contributed by atoms with Crippen LogP contribution >= 0.6 is 0 Å². The second kappa shape index (κ2) is 7.84. The van der Waals surface area contributed by atoms with Gasteiger partial charge < -0.3 is 19.9 Å². The Morgan fingerprint density at radius 3 is 2.45 bits per heavy atom. The van der Waals surface area contributed by atoms with E-state index in [1.54, 1.807) is 6.92 Å². The van der Waals surface area contributed by atoms with Gasteiger partial charge in [0.2, 0.25) is 0 Å². The van der Waals surface area contributed by atoms with Crippen LogP contribution in [0.25, 0.3) is 0 Å². The Labute approximate surface area is 132 Å². The van der Waals surface area contributed by atoms with Crippen molar-refractivity contribution in [2.24, 2.45) is 0 Å². The van der Waals surface area contributed by atoms with Gasteiger partial charge in [0.1, 0.15) is 0 Å². The molecule has 0 aromatic heterocycles. The van der Waals surface area contributed by atoms with E-state index in [-0.39, 0.29) is 5.97 Å². The van der Waals surface area contributed by atoms with Crippen LogP contribution in [0.5, 0.6) is 0 Å². The highest BCUT2D eigenvalue weighted by atomic mass is 16.5. The third kappa shape index (κ3) is 4.77. The highest BCUT2D eigenvalue weighted by Gasteiger charge is 2.13. The third-order valence-corrected chi connectivity index (χ3v) is 3.70. The van der Waals surface area contributed by atoms with E-state index in [9.17, 15) is 4.79 Å². The van der Waals surface area contributed by atoms with Crippen LogP contribution in [0.15, 0.2) is 36.0 Å². The zero-order valence-corrected chi connectivity index (χ0v) is 13.6. The maximum atomic E-state index is 11.4. The van der Waals surface area contributed by atoms with Crippen LogP contribution in [-0.2, 0) is 9.53 Å². The highest BCUT2D eigenvalue weighted by molar-refractivity contribution is 5.83. The van der Waals surface area contributed by atoms with E-state index >= 15 is 0 Å². The highest BCUT2D eigenvalue weighted by Crippen LogP contribution is 2.20. The lowest BCUT2D eigenvalue weighted by Gasteiger charge is -2.34. The van der Waals surface area contributed by atoms with Crippen molar-refractivity contribution in [3.05, 3.63) is 36.0 Å². The Morgan fingerprint density at radius 1 is 1.23 bits per heavy atom. The van der Waals surface area contributed by atoms with Crippen LogP contribution < -0.4 is 10.2 Å². The zero-order chi connectivity index (χ0) is 15.9. The normalized spacial score (nSPS) is 16.5. The number of rotatable bonds is 5. The molecule has 1 fully saturated rings. The first-order valence-electron chi connectivity index (χ1n) is 7.74. The van der Waals surface area contributed by atoms with Crippen LogP contribution in [0, 0.1) is 0 Å². The molecule has 0 saturated carbocycles. The predicted molar refractivity (Wildman–Crippen MR) is 90.2 cm³/mol. The summed E-state index contributed by atoms with van der Waals surface area (Å²) in [5.41, 5.74) is 2.98. The van der Waals surface area contributed by atoms with Crippen LogP contribution in [-0.4, -0.2) is 50.7 Å². The predicted octanol–water partition coefficient (Wildman–Crippen LogP) is 2.32. The molecule has 0 unspecified atom stereocenters. The number of benzene rings is 1. The quantitative estimate of drug-likeness (QED) is 0.668. The fraction of sp³-hybridized carbons (Fsp3) is 0.471. The van der Waals surface area contributed by atoms with Crippen LogP contribution in [0.2, 0.25) is 0 Å². The van der Waals surface area contributed by atoms with Gasteiger partial charge in [-0.25, -0.2) is 4.79 Å². The zero-order valence-electron chi connectivity index (χ0n) is 13.6. The van der Waals surface area contributed by atoms with E-state index in [1.807, 2.05) is 19.1 Å². The van der Waals surface area contributed by atoms with Gasteiger partial charge in [-0.3, -0.25) is 0 Å². The number of anilines is 2. The lowest BCUT2D eigenvalue weighted by molar-refractivity contribution is -0.137. The molecular formula is C17H25N3O2. The van der Waals surface area contributed by atoms with Crippen molar-refractivity contribution in [3.63, 3.8) is 0 Å². The summed E-state index contributed by atoms with van der Waals surface area (Å²) in [7, 11) is 2.16. The lowest BCUT2D eigenvalue weighted by Crippen LogP contribution is -2.44. The Balaban J connectivity index is 1.93. The number of nitrogens with zero attached hydrogens (tertiary/aromatic N) is 2. The molecule has 1 aromatic carbocycles. The molecule has 1 heterocycles. The molecule has 5 nitrogen and oxygen atoms in total. The number of likely N-dealkylation sites (N-methyl/N-ethyl adjacent to an activating group) is 1. The fourth-order valence-corrected chi connectivity index (χ4v) is 2.44. The summed E-state index contributed by atoms with van der Waals surface area (Å²) in [4.78, 5) is 16.1. The number of hydrogen-bond acceptors (Lipinski definition) is 5. The van der Waals surface area contributed by atoms with Gasteiger partial charge >= 0.3 is 5.97 Å². The van der Waals surface area contributed by atoms with E-state index in [0.29, 0.717) is 6.61 Å². The van der Waals surface area contributed by atoms with Gasteiger partial charge in [0, 0.05) is 49.3 Å². The van der Waals surface area contributed by atoms with Gasteiger partial charge in [0.25, 0.3) is 0 Å². The van der Waals surface area contributed by atoms with E-state index < -0.39 is 0 Å². The van der Waals surface area contributed by atoms with Crippen molar-refractivity contribution < 1.29 is 9.53 Å². The number of esters is 1. The monoisotopic (exact) mass is 303 g/mol. The first kappa shape index (κ1) is 16.4. The van der Waals surface area contributed by atoms with Gasteiger partial charge in [0.05, 0.1) is 6.61 Å². The van der Waals surface area contributed by atoms with Crippen LogP contribution in [0.1, 0.15) is 13.8 Å². The van der Waals surface area contributed by atoms with Crippen molar-refractivity contribution in [3.8, 4) is 0 Å². The summed E-state index contributed by atoms with van der Waals surface area (Å²) < 4.78 is 4.89. The van der Waals surface area contributed by atoms with E-state index in [4.69, 9.17) is 4.74 Å². The first-order chi connectivity index (χ1) is 10.6. The fourth-order valence-electron chi connectivity index (χ4n) is 2.44. The SMILES string of the molecule is CCOC(=O)/C=C(/C)Nc1ccc(N2CCN(C)CC2)cc1. The third-order valence-electron chi connectivity index (χ3n) is 3.70. The smallest absolute Gasteiger partial charge is 0.332 e. The molecular weight excluding hydrogens is 278 g/mol. The number of piperazine rings is 1. The number of allylic oxidation sites excluding steroid dienone is 1. The average molecular weight is 303 g/mol. The van der Waals surface area contributed by atoms with Crippen molar-refractivity contribution in [1.82, 2.24) is 4.90 Å². The van der Waals surface area contributed by atoms with Crippen LogP contribution in [0.4, 0.5) is 11.4 Å². The second-order valence-electron chi connectivity index (χ2n) is 5.54.